The number of amides is 2. The van der Waals surface area contributed by atoms with Crippen LogP contribution in [0.1, 0.15) is 53.9 Å². The number of ether oxygens (including phenoxy) is 2. The molecule has 2 saturated heterocycles. The molecule has 0 radical (unpaired) electrons. The molecule has 6 aromatic rings. The van der Waals surface area contributed by atoms with Crippen molar-refractivity contribution in [2.45, 2.75) is 68.4 Å². The Morgan fingerprint density at radius 3 is 2.18 bits per heavy atom. The minimum absolute atomic E-state index is 0.0641. The van der Waals surface area contributed by atoms with Crippen LogP contribution in [-0.2, 0) is 32.2 Å². The van der Waals surface area contributed by atoms with Crippen LogP contribution >= 0.6 is 11.8 Å². The lowest BCUT2D eigenvalue weighted by molar-refractivity contribution is -0.245. The summed E-state index contributed by atoms with van der Waals surface area (Å²) in [7, 11) is 0. The first kappa shape index (κ1) is 41.0. The SMILES string of the molecule is O=C(NCc1cccc(-c2cccc([C@@H]3O[C@H](CSc4nc(-c5ccccc5)c(-c5ccccc5)o4)C[C@H](c4ccc(CO)cc4)O3)c2)c1)[C@@H]1CCCN1C(=O)C(F)(F)F. The van der Waals surface area contributed by atoms with Gasteiger partial charge in [0.15, 0.2) is 12.1 Å². The van der Waals surface area contributed by atoms with Crippen LogP contribution in [0.3, 0.4) is 0 Å². The largest absolute Gasteiger partial charge is 0.471 e. The Morgan fingerprint density at radius 1 is 0.783 bits per heavy atom. The van der Waals surface area contributed by atoms with Gasteiger partial charge >= 0.3 is 12.1 Å². The maximum absolute atomic E-state index is 13.1. The van der Waals surface area contributed by atoms with Crippen LogP contribution in [0.15, 0.2) is 143 Å². The van der Waals surface area contributed by atoms with Crippen molar-refractivity contribution in [3.63, 3.8) is 0 Å². The zero-order valence-electron chi connectivity index (χ0n) is 32.4. The molecule has 2 N–H and O–H groups in total. The predicted octanol–water partition coefficient (Wildman–Crippen LogP) is 9.68. The molecule has 3 heterocycles. The van der Waals surface area contributed by atoms with Crippen molar-refractivity contribution in [2.24, 2.45) is 0 Å². The third-order valence-corrected chi connectivity index (χ3v) is 11.6. The number of oxazole rings is 1. The van der Waals surface area contributed by atoms with Gasteiger partial charge in [0.2, 0.25) is 5.91 Å². The van der Waals surface area contributed by atoms with Crippen LogP contribution in [0.4, 0.5) is 13.2 Å². The molecule has 0 unspecified atom stereocenters. The van der Waals surface area contributed by atoms with E-state index in [1.54, 1.807) is 0 Å². The van der Waals surface area contributed by atoms with Crippen molar-refractivity contribution < 1.29 is 41.8 Å². The second-order valence-corrected chi connectivity index (χ2v) is 15.7. The molecule has 0 bridgehead atoms. The lowest BCUT2D eigenvalue weighted by Gasteiger charge is -2.36. The maximum Gasteiger partial charge on any atom is 0.471 e. The van der Waals surface area contributed by atoms with Crippen molar-refractivity contribution in [3.8, 4) is 33.7 Å². The van der Waals surface area contributed by atoms with Crippen molar-refractivity contribution in [1.29, 1.82) is 0 Å². The molecule has 1 aromatic heterocycles. The number of carbonyl (C=O) groups is 2. The van der Waals surface area contributed by atoms with E-state index in [1.165, 1.54) is 11.8 Å². The number of thioether (sulfide) groups is 1. The Hall–Kier alpha value is -5.73. The predicted molar refractivity (Wildman–Crippen MR) is 221 cm³/mol. The Kier molecular flexibility index (Phi) is 12.5. The summed E-state index contributed by atoms with van der Waals surface area (Å²) in [4.78, 5) is 30.4. The van der Waals surface area contributed by atoms with Gasteiger partial charge in [0.1, 0.15) is 11.7 Å². The molecule has 0 spiro atoms. The second-order valence-electron chi connectivity index (χ2n) is 14.7. The van der Waals surface area contributed by atoms with E-state index in [-0.39, 0.29) is 38.3 Å². The monoisotopic (exact) mass is 833 g/mol. The molecule has 8 rings (SSSR count). The summed E-state index contributed by atoms with van der Waals surface area (Å²) in [6.07, 6.45) is -5.29. The Labute approximate surface area is 349 Å². The van der Waals surface area contributed by atoms with Crippen LogP contribution in [0.25, 0.3) is 33.7 Å². The summed E-state index contributed by atoms with van der Waals surface area (Å²) >= 11 is 1.48. The molecule has 2 amide bonds. The lowest BCUT2D eigenvalue weighted by atomic mass is 9.99. The van der Waals surface area contributed by atoms with Gasteiger partial charge in [0.05, 0.1) is 18.8 Å². The van der Waals surface area contributed by atoms with Gasteiger partial charge in [-0.1, -0.05) is 133 Å². The van der Waals surface area contributed by atoms with Crippen LogP contribution in [-0.4, -0.2) is 57.4 Å². The normalized spacial score (nSPS) is 19.3. The summed E-state index contributed by atoms with van der Waals surface area (Å²) in [5.41, 5.74) is 7.65. The third-order valence-electron chi connectivity index (χ3n) is 10.6. The highest BCUT2D eigenvalue weighted by Gasteiger charge is 2.47. The summed E-state index contributed by atoms with van der Waals surface area (Å²) < 4.78 is 59.2. The zero-order valence-corrected chi connectivity index (χ0v) is 33.2. The number of aliphatic hydroxyl groups excluding tert-OH is 1. The number of rotatable bonds is 12. The molecule has 2 fully saturated rings. The number of benzene rings is 5. The molecule has 60 heavy (non-hydrogen) atoms. The molecule has 13 heteroatoms. The quantitative estimate of drug-likeness (QED) is 0.117. The molecule has 9 nitrogen and oxygen atoms in total. The number of alkyl halides is 3. The van der Waals surface area contributed by atoms with Crippen molar-refractivity contribution in [1.82, 2.24) is 15.2 Å². The number of aromatic nitrogens is 1. The van der Waals surface area contributed by atoms with Crippen molar-refractivity contribution in [3.05, 3.63) is 156 Å². The Bertz CT molecular complexity index is 2350. The minimum atomic E-state index is -5.04. The highest BCUT2D eigenvalue weighted by Crippen LogP contribution is 2.42. The van der Waals surface area contributed by atoms with Gasteiger partial charge in [0, 0.05) is 42.0 Å². The fourth-order valence-electron chi connectivity index (χ4n) is 7.60. The van der Waals surface area contributed by atoms with E-state index in [2.05, 4.69) is 5.32 Å². The van der Waals surface area contributed by atoms with Gasteiger partial charge in [-0.25, -0.2) is 4.98 Å². The van der Waals surface area contributed by atoms with Crippen molar-refractivity contribution >= 4 is 23.6 Å². The van der Waals surface area contributed by atoms with E-state index in [9.17, 15) is 27.9 Å². The summed E-state index contributed by atoms with van der Waals surface area (Å²) in [6, 6.07) is 41.7. The molecule has 2 aliphatic heterocycles. The number of hydrogen-bond acceptors (Lipinski definition) is 8. The number of aliphatic hydroxyl groups is 1. The minimum Gasteiger partial charge on any atom is -0.431 e. The standard InChI is InChI=1S/C47H42F3N3O6S/c48-47(49,50)45(56)53-23-9-18-39(53)43(55)51-27-31-10-7-15-35(24-31)36-16-8-17-37(25-36)44-57-38(26-40(58-44)32-21-19-30(28-54)20-22-32)29-60-46-52-41(33-11-3-1-4-12-33)42(59-46)34-13-5-2-6-14-34/h1-8,10-17,19-22,24-25,38-40,44,54H,9,18,23,26-29H2,(H,51,55)/t38-,39-,40+,44+/m0/s1. The van der Waals surface area contributed by atoms with Gasteiger partial charge in [0.25, 0.3) is 5.22 Å². The average molecular weight is 834 g/mol. The van der Waals surface area contributed by atoms with Gasteiger partial charge < -0.3 is 29.2 Å². The number of nitrogens with zero attached hydrogens (tertiary/aromatic N) is 2. The van der Waals surface area contributed by atoms with E-state index in [4.69, 9.17) is 18.9 Å². The van der Waals surface area contributed by atoms with Crippen LogP contribution in [0.5, 0.6) is 0 Å². The molecule has 0 aliphatic carbocycles. The second kappa shape index (κ2) is 18.3. The van der Waals surface area contributed by atoms with Gasteiger partial charge in [-0.05, 0) is 52.8 Å². The maximum atomic E-state index is 13.1. The zero-order chi connectivity index (χ0) is 41.6. The fourth-order valence-corrected chi connectivity index (χ4v) is 8.45. The Balaban J connectivity index is 0.997. The summed E-state index contributed by atoms with van der Waals surface area (Å²) in [5.74, 6) is -1.38. The van der Waals surface area contributed by atoms with E-state index >= 15 is 0 Å². The van der Waals surface area contributed by atoms with Gasteiger partial charge in [-0.15, -0.1) is 0 Å². The van der Waals surface area contributed by atoms with Crippen LogP contribution < -0.4 is 5.32 Å². The Morgan fingerprint density at radius 2 is 1.47 bits per heavy atom. The first-order chi connectivity index (χ1) is 29.1. The van der Waals surface area contributed by atoms with Gasteiger partial charge in [-0.2, -0.15) is 13.2 Å². The number of likely N-dealkylation sites (tertiary alicyclic amines) is 1. The molecule has 308 valence electrons. The smallest absolute Gasteiger partial charge is 0.431 e. The fraction of sp³-hybridized carbons (Fsp3) is 0.255. The summed E-state index contributed by atoms with van der Waals surface area (Å²) in [6.45, 7) is -0.100. The highest BCUT2D eigenvalue weighted by atomic mass is 32.2. The molecule has 4 atom stereocenters. The van der Waals surface area contributed by atoms with E-state index in [0.29, 0.717) is 34.5 Å². The number of hydrogen-bond donors (Lipinski definition) is 2. The van der Waals surface area contributed by atoms with E-state index in [1.807, 2.05) is 133 Å². The highest BCUT2D eigenvalue weighted by molar-refractivity contribution is 7.99. The number of halogens is 3. The number of carbonyl (C=O) groups excluding carboxylic acids is 2. The molecule has 0 saturated carbocycles. The molecule has 2 aliphatic rings. The average Bonchev–Trinajstić information content (AvgIpc) is 3.96. The number of nitrogens with one attached hydrogen (secondary N) is 1. The third kappa shape index (κ3) is 9.50. The van der Waals surface area contributed by atoms with Crippen LogP contribution in [0, 0.1) is 0 Å². The topological polar surface area (TPSA) is 114 Å². The van der Waals surface area contributed by atoms with Crippen molar-refractivity contribution in [2.75, 3.05) is 12.3 Å². The lowest BCUT2D eigenvalue weighted by Crippen LogP contribution is -2.50. The van der Waals surface area contributed by atoms with Gasteiger partial charge in [-0.3, -0.25) is 9.59 Å². The van der Waals surface area contributed by atoms with E-state index in [0.717, 1.165) is 50.2 Å². The summed E-state index contributed by atoms with van der Waals surface area (Å²) in [5, 5.41) is 12.9. The van der Waals surface area contributed by atoms with Crippen LogP contribution in [0.2, 0.25) is 0 Å². The molecular formula is C47H42F3N3O6S. The molecular weight excluding hydrogens is 792 g/mol. The first-order valence-corrected chi connectivity index (χ1v) is 20.7. The first-order valence-electron chi connectivity index (χ1n) is 19.7. The molecule has 5 aromatic carbocycles. The van der Waals surface area contributed by atoms with E-state index < -0.39 is 30.3 Å².